The highest BCUT2D eigenvalue weighted by molar-refractivity contribution is 7.99. The second kappa shape index (κ2) is 6.44. The van der Waals surface area contributed by atoms with E-state index >= 15 is 0 Å². The Morgan fingerprint density at radius 3 is 2.65 bits per heavy atom. The summed E-state index contributed by atoms with van der Waals surface area (Å²) in [7, 11) is 0. The Morgan fingerprint density at radius 1 is 1.00 bits per heavy atom. The topological polar surface area (TPSA) is 20.2 Å². The molecule has 3 rings (SSSR count). The zero-order valence-corrected chi connectivity index (χ0v) is 12.7. The maximum absolute atomic E-state index is 9.34. The second-order valence-corrected chi connectivity index (χ2v) is 6.81. The van der Waals surface area contributed by atoms with Crippen molar-refractivity contribution in [2.45, 2.75) is 16.6 Å². The van der Waals surface area contributed by atoms with Gasteiger partial charge >= 0.3 is 0 Å². The SMILES string of the molecule is OCCC(Sc1cccc2sccc12)c1ccccc1. The molecule has 1 nitrogen and oxygen atoms in total. The fourth-order valence-electron chi connectivity index (χ4n) is 2.30. The van der Waals surface area contributed by atoms with Crippen molar-refractivity contribution >= 4 is 33.2 Å². The quantitative estimate of drug-likeness (QED) is 0.660. The lowest BCUT2D eigenvalue weighted by Gasteiger charge is -2.16. The Balaban J connectivity index is 1.92. The standard InChI is InChI=1S/C17H16OS2/c18-11-9-15(13-5-2-1-3-6-13)20-17-8-4-7-16-14(17)10-12-19-16/h1-8,10,12,15,18H,9,11H2. The molecular formula is C17H16OS2. The molecular weight excluding hydrogens is 284 g/mol. The predicted octanol–water partition coefficient (Wildman–Crippen LogP) is 5.12. The van der Waals surface area contributed by atoms with E-state index in [1.807, 2.05) is 17.8 Å². The number of hydrogen-bond acceptors (Lipinski definition) is 3. The highest BCUT2D eigenvalue weighted by atomic mass is 32.2. The van der Waals surface area contributed by atoms with Crippen molar-refractivity contribution in [3.05, 3.63) is 65.5 Å². The van der Waals surface area contributed by atoms with Gasteiger partial charge in [0.2, 0.25) is 0 Å². The van der Waals surface area contributed by atoms with Gasteiger partial charge in [-0.25, -0.2) is 0 Å². The number of thioether (sulfide) groups is 1. The Labute approximate surface area is 127 Å². The molecule has 1 aromatic heterocycles. The van der Waals surface area contributed by atoms with E-state index in [4.69, 9.17) is 0 Å². The van der Waals surface area contributed by atoms with Gasteiger partial charge in [-0.1, -0.05) is 36.4 Å². The van der Waals surface area contributed by atoms with Crippen LogP contribution in [0.2, 0.25) is 0 Å². The van der Waals surface area contributed by atoms with Crippen molar-refractivity contribution in [2.24, 2.45) is 0 Å². The first-order chi connectivity index (χ1) is 9.88. The zero-order chi connectivity index (χ0) is 13.8. The fraction of sp³-hybridized carbons (Fsp3) is 0.176. The maximum Gasteiger partial charge on any atom is 0.0444 e. The number of rotatable bonds is 5. The second-order valence-electron chi connectivity index (χ2n) is 4.62. The molecule has 2 aromatic carbocycles. The van der Waals surface area contributed by atoms with E-state index in [9.17, 15) is 5.11 Å². The molecule has 0 radical (unpaired) electrons. The molecule has 0 aliphatic heterocycles. The summed E-state index contributed by atoms with van der Waals surface area (Å²) >= 11 is 3.62. The average Bonchev–Trinajstić information content (AvgIpc) is 2.97. The fourth-order valence-corrected chi connectivity index (χ4v) is 4.46. The molecule has 1 heterocycles. The van der Waals surface area contributed by atoms with Crippen LogP contribution in [0.3, 0.4) is 0 Å². The molecule has 3 heteroatoms. The first-order valence-electron chi connectivity index (χ1n) is 6.67. The number of aliphatic hydroxyl groups excluding tert-OH is 1. The first-order valence-corrected chi connectivity index (χ1v) is 8.43. The van der Waals surface area contributed by atoms with Crippen LogP contribution >= 0.6 is 23.1 Å². The minimum Gasteiger partial charge on any atom is -0.396 e. The van der Waals surface area contributed by atoms with Crippen LogP contribution in [0.15, 0.2) is 64.9 Å². The summed E-state index contributed by atoms with van der Waals surface area (Å²) in [4.78, 5) is 1.30. The molecule has 20 heavy (non-hydrogen) atoms. The van der Waals surface area contributed by atoms with E-state index in [-0.39, 0.29) is 6.61 Å². The number of benzene rings is 2. The monoisotopic (exact) mass is 300 g/mol. The van der Waals surface area contributed by atoms with Crippen molar-refractivity contribution in [3.8, 4) is 0 Å². The van der Waals surface area contributed by atoms with Crippen molar-refractivity contribution < 1.29 is 5.11 Å². The summed E-state index contributed by atoms with van der Waals surface area (Å²) in [5, 5.41) is 13.1. The van der Waals surface area contributed by atoms with E-state index < -0.39 is 0 Å². The third-order valence-electron chi connectivity index (χ3n) is 3.29. The van der Waals surface area contributed by atoms with Gasteiger partial charge in [0.1, 0.15) is 0 Å². The van der Waals surface area contributed by atoms with Gasteiger partial charge in [0.25, 0.3) is 0 Å². The number of aliphatic hydroxyl groups is 1. The Kier molecular flexibility index (Phi) is 4.41. The van der Waals surface area contributed by atoms with E-state index in [0.717, 1.165) is 6.42 Å². The summed E-state index contributed by atoms with van der Waals surface area (Å²) in [5.74, 6) is 0. The summed E-state index contributed by atoms with van der Waals surface area (Å²) in [6, 6.07) is 19.1. The Bertz CT molecular complexity index is 676. The number of hydrogen-bond donors (Lipinski definition) is 1. The molecule has 0 amide bonds. The molecule has 0 aliphatic carbocycles. The maximum atomic E-state index is 9.34. The molecule has 1 atom stereocenters. The smallest absolute Gasteiger partial charge is 0.0444 e. The Hall–Kier alpha value is -1.29. The summed E-state index contributed by atoms with van der Waals surface area (Å²) < 4.78 is 1.32. The lowest BCUT2D eigenvalue weighted by atomic mass is 10.1. The molecule has 1 unspecified atom stereocenters. The van der Waals surface area contributed by atoms with Crippen LogP contribution in [0, 0.1) is 0 Å². The predicted molar refractivity (Wildman–Crippen MR) is 88.6 cm³/mol. The lowest BCUT2D eigenvalue weighted by molar-refractivity contribution is 0.287. The van der Waals surface area contributed by atoms with Gasteiger partial charge < -0.3 is 5.11 Å². The highest BCUT2D eigenvalue weighted by Crippen LogP contribution is 2.41. The first kappa shape index (κ1) is 13.7. The molecule has 0 bridgehead atoms. The molecule has 0 spiro atoms. The van der Waals surface area contributed by atoms with Gasteiger partial charge in [0.05, 0.1) is 0 Å². The van der Waals surface area contributed by atoms with Gasteiger partial charge in [-0.15, -0.1) is 23.1 Å². The van der Waals surface area contributed by atoms with Crippen LogP contribution in [-0.4, -0.2) is 11.7 Å². The summed E-state index contributed by atoms with van der Waals surface area (Å²) in [5.41, 5.74) is 1.28. The zero-order valence-electron chi connectivity index (χ0n) is 11.0. The van der Waals surface area contributed by atoms with Crippen molar-refractivity contribution in [3.63, 3.8) is 0 Å². The van der Waals surface area contributed by atoms with E-state index in [1.54, 1.807) is 11.3 Å². The molecule has 0 saturated heterocycles. The highest BCUT2D eigenvalue weighted by Gasteiger charge is 2.14. The van der Waals surface area contributed by atoms with Crippen LogP contribution in [0.4, 0.5) is 0 Å². The third kappa shape index (κ3) is 2.90. The van der Waals surface area contributed by atoms with Gasteiger partial charge in [0.15, 0.2) is 0 Å². The molecule has 0 aliphatic rings. The summed E-state index contributed by atoms with van der Waals surface area (Å²) in [6.45, 7) is 0.214. The van der Waals surface area contributed by atoms with Crippen LogP contribution in [0.5, 0.6) is 0 Å². The van der Waals surface area contributed by atoms with Crippen LogP contribution in [-0.2, 0) is 0 Å². The van der Waals surface area contributed by atoms with Crippen LogP contribution in [0.1, 0.15) is 17.2 Å². The van der Waals surface area contributed by atoms with Gasteiger partial charge in [0, 0.05) is 26.8 Å². The van der Waals surface area contributed by atoms with E-state index in [1.165, 1.54) is 20.5 Å². The minimum absolute atomic E-state index is 0.214. The molecule has 102 valence electrons. The number of thiophene rings is 1. The van der Waals surface area contributed by atoms with Crippen LogP contribution in [0.25, 0.3) is 10.1 Å². The lowest BCUT2D eigenvalue weighted by Crippen LogP contribution is -1.97. The van der Waals surface area contributed by atoms with Crippen LogP contribution < -0.4 is 0 Å². The van der Waals surface area contributed by atoms with Crippen molar-refractivity contribution in [1.82, 2.24) is 0 Å². The van der Waals surface area contributed by atoms with Gasteiger partial charge in [-0.2, -0.15) is 0 Å². The van der Waals surface area contributed by atoms with E-state index in [0.29, 0.717) is 5.25 Å². The summed E-state index contributed by atoms with van der Waals surface area (Å²) in [6.07, 6.45) is 0.773. The number of fused-ring (bicyclic) bond motifs is 1. The minimum atomic E-state index is 0.214. The normalized spacial score (nSPS) is 12.7. The largest absolute Gasteiger partial charge is 0.396 e. The van der Waals surface area contributed by atoms with Gasteiger partial charge in [-0.3, -0.25) is 0 Å². The molecule has 3 aromatic rings. The molecule has 0 fully saturated rings. The molecule has 1 N–H and O–H groups in total. The average molecular weight is 300 g/mol. The van der Waals surface area contributed by atoms with E-state index in [2.05, 4.69) is 53.9 Å². The van der Waals surface area contributed by atoms with Gasteiger partial charge in [-0.05, 0) is 35.6 Å². The van der Waals surface area contributed by atoms with Crippen molar-refractivity contribution in [1.29, 1.82) is 0 Å². The van der Waals surface area contributed by atoms with Crippen molar-refractivity contribution in [2.75, 3.05) is 6.61 Å². The Morgan fingerprint density at radius 2 is 1.85 bits per heavy atom. The molecule has 0 saturated carbocycles. The third-order valence-corrected chi connectivity index (χ3v) is 5.57.